The van der Waals surface area contributed by atoms with Gasteiger partial charge in [0.2, 0.25) is 0 Å². The molecule has 5 heteroatoms. The van der Waals surface area contributed by atoms with Crippen LogP contribution in [0.15, 0.2) is 42.9 Å². The van der Waals surface area contributed by atoms with Crippen molar-refractivity contribution < 1.29 is 4.79 Å². The fourth-order valence-corrected chi connectivity index (χ4v) is 3.62. The van der Waals surface area contributed by atoms with Gasteiger partial charge in [-0.1, -0.05) is 6.92 Å². The summed E-state index contributed by atoms with van der Waals surface area (Å²) in [6, 6.07) is 8.52. The van der Waals surface area contributed by atoms with Crippen molar-refractivity contribution >= 4 is 11.6 Å². The first kappa shape index (κ1) is 18.4. The summed E-state index contributed by atoms with van der Waals surface area (Å²) in [4.78, 5) is 25.3. The minimum absolute atomic E-state index is 0.0223. The lowest BCUT2D eigenvalue weighted by Gasteiger charge is -2.37. The summed E-state index contributed by atoms with van der Waals surface area (Å²) in [7, 11) is 1.84. The molecule has 0 aliphatic carbocycles. The molecule has 1 aliphatic rings. The summed E-state index contributed by atoms with van der Waals surface area (Å²) in [5.41, 5.74) is 2.83. The lowest BCUT2D eigenvalue weighted by Crippen LogP contribution is -2.39. The van der Waals surface area contributed by atoms with Crippen LogP contribution in [-0.2, 0) is 6.42 Å². The second-order valence-electron chi connectivity index (χ2n) is 6.98. The first-order valence-corrected chi connectivity index (χ1v) is 9.56. The lowest BCUT2D eigenvalue weighted by molar-refractivity contribution is 0.0791. The Morgan fingerprint density at radius 3 is 2.81 bits per heavy atom. The lowest BCUT2D eigenvalue weighted by atomic mass is 9.99. The smallest absolute Gasteiger partial charge is 0.272 e. The van der Waals surface area contributed by atoms with Crippen molar-refractivity contribution in [1.29, 1.82) is 0 Å². The van der Waals surface area contributed by atoms with Crippen LogP contribution in [0.1, 0.15) is 48.7 Å². The second kappa shape index (κ2) is 8.79. The molecule has 1 amide bonds. The van der Waals surface area contributed by atoms with Gasteiger partial charge in [-0.05, 0) is 61.9 Å². The summed E-state index contributed by atoms with van der Waals surface area (Å²) in [5.74, 6) is -0.0223. The Balaban J connectivity index is 1.67. The van der Waals surface area contributed by atoms with Crippen LogP contribution < -0.4 is 4.90 Å². The normalized spacial score (nSPS) is 17.2. The number of anilines is 1. The highest BCUT2D eigenvalue weighted by molar-refractivity contribution is 5.93. The standard InChI is InChI=1S/C21H28N4O/c1-3-18-6-4-5-14-25(18)19-9-13-23-20(16-19)21(26)24(2)15-10-17-7-11-22-12-8-17/h7-9,11-13,16,18H,3-6,10,14-15H2,1-2H3. The Kier molecular flexibility index (Phi) is 6.21. The SMILES string of the molecule is CCC1CCCCN1c1ccnc(C(=O)N(C)CCc2ccncc2)c1. The number of nitrogens with zero attached hydrogens (tertiary/aromatic N) is 4. The molecule has 0 bridgehead atoms. The van der Waals surface area contributed by atoms with Crippen molar-refractivity contribution in [3.05, 3.63) is 54.1 Å². The molecule has 3 rings (SSSR count). The fourth-order valence-electron chi connectivity index (χ4n) is 3.62. The Morgan fingerprint density at radius 2 is 2.04 bits per heavy atom. The van der Waals surface area contributed by atoms with E-state index in [2.05, 4.69) is 21.8 Å². The monoisotopic (exact) mass is 352 g/mol. The van der Waals surface area contributed by atoms with E-state index in [4.69, 9.17) is 0 Å². The minimum Gasteiger partial charge on any atom is -0.368 e. The number of rotatable bonds is 6. The summed E-state index contributed by atoms with van der Waals surface area (Å²) in [6.07, 6.45) is 11.0. The highest BCUT2D eigenvalue weighted by Crippen LogP contribution is 2.26. The third-order valence-electron chi connectivity index (χ3n) is 5.22. The Bertz CT molecular complexity index is 719. The van der Waals surface area contributed by atoms with E-state index in [0.29, 0.717) is 18.3 Å². The third-order valence-corrected chi connectivity index (χ3v) is 5.22. The molecular weight excluding hydrogens is 324 g/mol. The topological polar surface area (TPSA) is 49.3 Å². The van der Waals surface area contributed by atoms with Gasteiger partial charge in [0.25, 0.3) is 5.91 Å². The number of amides is 1. The molecule has 1 atom stereocenters. The molecule has 26 heavy (non-hydrogen) atoms. The van der Waals surface area contributed by atoms with Crippen molar-refractivity contribution in [3.63, 3.8) is 0 Å². The molecule has 1 fully saturated rings. The second-order valence-corrected chi connectivity index (χ2v) is 6.98. The van der Waals surface area contributed by atoms with E-state index in [1.807, 2.05) is 31.3 Å². The van der Waals surface area contributed by atoms with Crippen LogP contribution in [0.2, 0.25) is 0 Å². The predicted molar refractivity (Wildman–Crippen MR) is 104 cm³/mol. The molecule has 0 N–H and O–H groups in total. The maximum atomic E-state index is 12.8. The molecule has 0 spiro atoms. The molecule has 138 valence electrons. The van der Waals surface area contributed by atoms with Gasteiger partial charge in [-0.15, -0.1) is 0 Å². The highest BCUT2D eigenvalue weighted by Gasteiger charge is 2.22. The van der Waals surface area contributed by atoms with Crippen molar-refractivity contribution in [2.45, 2.75) is 45.1 Å². The Hall–Kier alpha value is -2.43. The molecule has 1 saturated heterocycles. The fraction of sp³-hybridized carbons (Fsp3) is 0.476. The molecule has 2 aromatic rings. The van der Waals surface area contributed by atoms with Gasteiger partial charge >= 0.3 is 0 Å². The third kappa shape index (κ3) is 4.40. The molecular formula is C21H28N4O. The van der Waals surface area contributed by atoms with Crippen molar-refractivity contribution in [3.8, 4) is 0 Å². The van der Waals surface area contributed by atoms with Crippen LogP contribution in [0.3, 0.4) is 0 Å². The molecule has 0 aromatic carbocycles. The summed E-state index contributed by atoms with van der Waals surface area (Å²) >= 11 is 0. The van der Waals surface area contributed by atoms with E-state index < -0.39 is 0 Å². The number of carbonyl (C=O) groups excluding carboxylic acids is 1. The zero-order chi connectivity index (χ0) is 18.4. The summed E-state index contributed by atoms with van der Waals surface area (Å²) in [5, 5.41) is 0. The van der Waals surface area contributed by atoms with Crippen LogP contribution in [-0.4, -0.2) is 47.0 Å². The first-order valence-electron chi connectivity index (χ1n) is 9.56. The van der Waals surface area contributed by atoms with Crippen molar-refractivity contribution in [2.24, 2.45) is 0 Å². The van der Waals surface area contributed by atoms with Gasteiger partial charge < -0.3 is 9.80 Å². The zero-order valence-electron chi connectivity index (χ0n) is 15.8. The summed E-state index contributed by atoms with van der Waals surface area (Å²) in [6.45, 7) is 3.97. The van der Waals surface area contributed by atoms with Crippen LogP contribution in [0, 0.1) is 0 Å². The van der Waals surface area contributed by atoms with E-state index >= 15 is 0 Å². The molecule has 2 aromatic heterocycles. The van der Waals surface area contributed by atoms with Crippen molar-refractivity contribution in [2.75, 3.05) is 25.0 Å². The molecule has 5 nitrogen and oxygen atoms in total. The van der Waals surface area contributed by atoms with E-state index in [0.717, 1.165) is 25.1 Å². The number of pyridine rings is 2. The van der Waals surface area contributed by atoms with E-state index in [1.165, 1.54) is 24.8 Å². The maximum Gasteiger partial charge on any atom is 0.272 e. The Labute approximate surface area is 156 Å². The van der Waals surface area contributed by atoms with Crippen LogP contribution in [0.5, 0.6) is 0 Å². The number of aromatic nitrogens is 2. The molecule has 1 unspecified atom stereocenters. The zero-order valence-corrected chi connectivity index (χ0v) is 15.8. The van der Waals surface area contributed by atoms with Gasteiger partial charge in [-0.25, -0.2) is 0 Å². The molecule has 3 heterocycles. The molecule has 0 saturated carbocycles. The van der Waals surface area contributed by atoms with Crippen LogP contribution in [0.4, 0.5) is 5.69 Å². The van der Waals surface area contributed by atoms with Gasteiger partial charge in [0.05, 0.1) is 0 Å². The van der Waals surface area contributed by atoms with Gasteiger partial charge in [0, 0.05) is 50.5 Å². The predicted octanol–water partition coefficient (Wildman–Crippen LogP) is 3.56. The molecule has 0 radical (unpaired) electrons. The highest BCUT2D eigenvalue weighted by atomic mass is 16.2. The van der Waals surface area contributed by atoms with Crippen LogP contribution >= 0.6 is 0 Å². The first-order chi connectivity index (χ1) is 12.7. The van der Waals surface area contributed by atoms with Gasteiger partial charge in [-0.2, -0.15) is 0 Å². The van der Waals surface area contributed by atoms with Gasteiger partial charge in [0.1, 0.15) is 5.69 Å². The quantitative estimate of drug-likeness (QED) is 0.798. The van der Waals surface area contributed by atoms with E-state index in [1.54, 1.807) is 23.5 Å². The van der Waals surface area contributed by atoms with Gasteiger partial charge in [0.15, 0.2) is 0 Å². The largest absolute Gasteiger partial charge is 0.368 e. The maximum absolute atomic E-state index is 12.8. The number of carbonyl (C=O) groups is 1. The van der Waals surface area contributed by atoms with E-state index in [9.17, 15) is 4.79 Å². The van der Waals surface area contributed by atoms with Crippen molar-refractivity contribution in [1.82, 2.24) is 14.9 Å². The Morgan fingerprint density at radius 1 is 1.23 bits per heavy atom. The summed E-state index contributed by atoms with van der Waals surface area (Å²) < 4.78 is 0. The minimum atomic E-state index is -0.0223. The number of likely N-dealkylation sites (N-methyl/N-ethyl adjacent to an activating group) is 1. The molecule has 1 aliphatic heterocycles. The number of hydrogen-bond donors (Lipinski definition) is 0. The average Bonchev–Trinajstić information content (AvgIpc) is 2.72. The van der Waals surface area contributed by atoms with Gasteiger partial charge in [-0.3, -0.25) is 14.8 Å². The van der Waals surface area contributed by atoms with Crippen LogP contribution in [0.25, 0.3) is 0 Å². The number of hydrogen-bond acceptors (Lipinski definition) is 4. The average molecular weight is 352 g/mol. The number of piperidine rings is 1. The van der Waals surface area contributed by atoms with E-state index in [-0.39, 0.29) is 5.91 Å².